The van der Waals surface area contributed by atoms with Crippen molar-refractivity contribution >= 4 is 28.6 Å². The van der Waals surface area contributed by atoms with Gasteiger partial charge in [-0.3, -0.25) is 0 Å². The molecule has 3 aromatic rings. The Hall–Kier alpha value is -2.40. The number of halogens is 1. The highest BCUT2D eigenvalue weighted by Crippen LogP contribution is 2.29. The van der Waals surface area contributed by atoms with Gasteiger partial charge in [0.25, 0.3) is 0 Å². The molecule has 0 aliphatic rings. The topological polar surface area (TPSA) is 63.3 Å². The Kier molecular flexibility index (Phi) is 3.82. The maximum atomic E-state index is 9.90. The number of hydrogen-bond acceptors (Lipinski definition) is 4. The highest BCUT2D eigenvalue weighted by atomic mass is 35.5. The van der Waals surface area contributed by atoms with E-state index in [2.05, 4.69) is 15.3 Å². The van der Waals surface area contributed by atoms with E-state index in [1.807, 2.05) is 32.4 Å². The molecule has 0 fully saturated rings. The molecule has 2 heterocycles. The van der Waals surface area contributed by atoms with Crippen LogP contribution < -0.4 is 0 Å². The van der Waals surface area contributed by atoms with E-state index in [9.17, 15) is 5.11 Å². The highest BCUT2D eigenvalue weighted by Gasteiger charge is 2.16. The van der Waals surface area contributed by atoms with Gasteiger partial charge in [-0.1, -0.05) is 11.6 Å². The monoisotopic (exact) mass is 328 g/mol. The number of aryl methyl sites for hydroxylation is 4. The van der Waals surface area contributed by atoms with E-state index >= 15 is 0 Å². The molecule has 0 atom stereocenters. The van der Waals surface area contributed by atoms with Gasteiger partial charge in [0, 0.05) is 32.7 Å². The van der Waals surface area contributed by atoms with Crippen molar-refractivity contribution in [1.82, 2.24) is 14.9 Å². The minimum absolute atomic E-state index is 0.140. The third kappa shape index (κ3) is 2.57. The molecule has 1 N–H and O–H groups in total. The number of aromatic hydroxyl groups is 1. The van der Waals surface area contributed by atoms with Gasteiger partial charge in [0.1, 0.15) is 5.75 Å². The van der Waals surface area contributed by atoms with Crippen molar-refractivity contribution in [3.05, 3.63) is 51.6 Å². The van der Waals surface area contributed by atoms with Crippen molar-refractivity contribution in [2.45, 2.75) is 27.7 Å². The largest absolute Gasteiger partial charge is 0.507 e. The Morgan fingerprint density at radius 3 is 2.17 bits per heavy atom. The first kappa shape index (κ1) is 15.5. The third-order valence-electron chi connectivity index (χ3n) is 3.98. The molecule has 0 aliphatic heterocycles. The van der Waals surface area contributed by atoms with E-state index in [4.69, 9.17) is 11.6 Å². The lowest BCUT2D eigenvalue weighted by Gasteiger charge is -2.03. The van der Waals surface area contributed by atoms with Gasteiger partial charge in [0.15, 0.2) is 0 Å². The third-order valence-corrected chi connectivity index (χ3v) is 4.22. The van der Waals surface area contributed by atoms with Gasteiger partial charge in [-0.05, 0) is 45.9 Å². The molecule has 0 radical (unpaired) electrons. The number of aromatic nitrogens is 3. The Morgan fingerprint density at radius 1 is 1.04 bits per heavy atom. The predicted octanol–water partition coefficient (Wildman–Crippen LogP) is 3.91. The van der Waals surface area contributed by atoms with Crippen LogP contribution in [0.15, 0.2) is 23.3 Å². The molecule has 0 spiro atoms. The molecular weight excluding hydrogens is 312 g/mol. The summed E-state index contributed by atoms with van der Waals surface area (Å²) in [5.74, 6) is 0.140. The van der Waals surface area contributed by atoms with Crippen LogP contribution in [0.25, 0.3) is 10.8 Å². The van der Waals surface area contributed by atoms with Crippen LogP contribution in [0.4, 0.5) is 0 Å². The van der Waals surface area contributed by atoms with E-state index < -0.39 is 0 Å². The van der Waals surface area contributed by atoms with E-state index in [1.54, 1.807) is 24.4 Å². The Bertz CT molecular complexity index is 899. The van der Waals surface area contributed by atoms with Crippen LogP contribution in [0.2, 0.25) is 5.02 Å². The van der Waals surface area contributed by atoms with Crippen LogP contribution in [0.3, 0.4) is 0 Å². The molecule has 1 aromatic carbocycles. The Morgan fingerprint density at radius 2 is 1.61 bits per heavy atom. The lowest BCUT2D eigenvalue weighted by atomic mass is 10.1. The summed E-state index contributed by atoms with van der Waals surface area (Å²) in [5.41, 5.74) is 4.31. The molecule has 0 saturated carbocycles. The van der Waals surface area contributed by atoms with Gasteiger partial charge in [-0.2, -0.15) is 15.3 Å². The molecule has 6 heteroatoms. The van der Waals surface area contributed by atoms with Gasteiger partial charge in [-0.15, -0.1) is 0 Å². The van der Waals surface area contributed by atoms with Gasteiger partial charge in [0.05, 0.1) is 17.6 Å². The number of phenolic OH excluding ortho intramolecular Hbond substituents is 1. The van der Waals surface area contributed by atoms with E-state index in [-0.39, 0.29) is 5.75 Å². The van der Waals surface area contributed by atoms with Crippen molar-refractivity contribution < 1.29 is 5.11 Å². The number of nitrogens with zero attached hydrogens (tertiary/aromatic N) is 4. The molecule has 0 unspecified atom stereocenters. The fourth-order valence-electron chi connectivity index (χ4n) is 2.88. The van der Waals surface area contributed by atoms with E-state index in [0.29, 0.717) is 10.6 Å². The molecule has 0 aliphatic carbocycles. The summed E-state index contributed by atoms with van der Waals surface area (Å²) < 4.78 is 1.84. The molecule has 5 nitrogen and oxygen atoms in total. The minimum atomic E-state index is 0.140. The van der Waals surface area contributed by atoms with Crippen LogP contribution >= 0.6 is 11.6 Å². The molecule has 0 amide bonds. The van der Waals surface area contributed by atoms with Crippen LogP contribution in [-0.4, -0.2) is 26.2 Å². The standard InChI is InChI=1S/C17H17ClN4O/c1-9-16-11(3)22(12(4)17(16)10(2)21-20-9)19-8-13-7-14(18)5-6-15(13)23/h5-8,23H,1-4H3/b19-8+. The second-order valence-corrected chi connectivity index (χ2v) is 5.99. The predicted molar refractivity (Wildman–Crippen MR) is 92.6 cm³/mol. The fourth-order valence-corrected chi connectivity index (χ4v) is 3.06. The van der Waals surface area contributed by atoms with Crippen LogP contribution in [0, 0.1) is 27.7 Å². The van der Waals surface area contributed by atoms with Crippen molar-refractivity contribution in [3.8, 4) is 5.75 Å². The van der Waals surface area contributed by atoms with Gasteiger partial charge in [0.2, 0.25) is 0 Å². The first-order valence-corrected chi connectivity index (χ1v) is 7.62. The molecule has 118 valence electrons. The van der Waals surface area contributed by atoms with E-state index in [1.165, 1.54) is 0 Å². The summed E-state index contributed by atoms with van der Waals surface area (Å²) in [6.45, 7) is 7.88. The molecular formula is C17H17ClN4O. The average molecular weight is 329 g/mol. The average Bonchev–Trinajstić information content (AvgIpc) is 2.77. The molecule has 0 bridgehead atoms. The zero-order valence-corrected chi connectivity index (χ0v) is 14.2. The van der Waals surface area contributed by atoms with Gasteiger partial charge >= 0.3 is 0 Å². The Labute approximate surface area is 139 Å². The smallest absolute Gasteiger partial charge is 0.124 e. The summed E-state index contributed by atoms with van der Waals surface area (Å²) in [6, 6.07) is 4.87. The van der Waals surface area contributed by atoms with E-state index in [0.717, 1.165) is 33.5 Å². The number of hydrogen-bond donors (Lipinski definition) is 1. The second kappa shape index (κ2) is 5.66. The lowest BCUT2D eigenvalue weighted by molar-refractivity contribution is 0.474. The summed E-state index contributed by atoms with van der Waals surface area (Å²) in [7, 11) is 0. The summed E-state index contributed by atoms with van der Waals surface area (Å²) in [5, 5.41) is 25.5. The Balaban J connectivity index is 2.18. The first-order chi connectivity index (χ1) is 10.9. The minimum Gasteiger partial charge on any atom is -0.507 e. The molecule has 23 heavy (non-hydrogen) atoms. The summed E-state index contributed by atoms with van der Waals surface area (Å²) in [6.07, 6.45) is 1.60. The quantitative estimate of drug-likeness (QED) is 0.725. The zero-order valence-electron chi connectivity index (χ0n) is 13.4. The maximum Gasteiger partial charge on any atom is 0.124 e. The number of phenols is 1. The second-order valence-electron chi connectivity index (χ2n) is 5.55. The lowest BCUT2D eigenvalue weighted by Crippen LogP contribution is -1.96. The van der Waals surface area contributed by atoms with Crippen molar-refractivity contribution in [2.24, 2.45) is 5.10 Å². The van der Waals surface area contributed by atoms with Crippen LogP contribution in [0.1, 0.15) is 28.3 Å². The molecule has 3 rings (SSSR count). The maximum absolute atomic E-state index is 9.90. The SMILES string of the molecule is Cc1nnc(C)c2c(C)n(/N=C/c3cc(Cl)ccc3O)c(C)c12. The number of benzene rings is 1. The van der Waals surface area contributed by atoms with Crippen LogP contribution in [0.5, 0.6) is 5.75 Å². The summed E-state index contributed by atoms with van der Waals surface area (Å²) >= 11 is 5.97. The van der Waals surface area contributed by atoms with Crippen molar-refractivity contribution in [1.29, 1.82) is 0 Å². The first-order valence-electron chi connectivity index (χ1n) is 7.24. The fraction of sp³-hybridized carbons (Fsp3) is 0.235. The van der Waals surface area contributed by atoms with Crippen LogP contribution in [-0.2, 0) is 0 Å². The summed E-state index contributed by atoms with van der Waals surface area (Å²) in [4.78, 5) is 0. The van der Waals surface area contributed by atoms with Crippen molar-refractivity contribution in [2.75, 3.05) is 0 Å². The molecule has 0 saturated heterocycles. The highest BCUT2D eigenvalue weighted by molar-refractivity contribution is 6.30. The zero-order chi connectivity index (χ0) is 16.7. The van der Waals surface area contributed by atoms with Gasteiger partial charge < -0.3 is 5.11 Å². The molecule has 2 aromatic heterocycles. The van der Waals surface area contributed by atoms with Gasteiger partial charge in [-0.25, -0.2) is 4.68 Å². The number of fused-ring (bicyclic) bond motifs is 1. The van der Waals surface area contributed by atoms with Crippen molar-refractivity contribution in [3.63, 3.8) is 0 Å². The normalized spacial score (nSPS) is 11.7. The number of rotatable bonds is 2.